The minimum absolute atomic E-state index is 0.154. The number of nitrogens with zero attached hydrogens (tertiary/aromatic N) is 1. The second-order valence-corrected chi connectivity index (χ2v) is 7.64. The second-order valence-electron chi connectivity index (χ2n) is 6.40. The zero-order valence-electron chi connectivity index (χ0n) is 16.0. The molecular formula is C21H20BrFN2O3S. The van der Waals surface area contributed by atoms with E-state index < -0.39 is 0 Å². The molecule has 0 aromatic heterocycles. The fourth-order valence-electron chi connectivity index (χ4n) is 2.91. The van der Waals surface area contributed by atoms with Gasteiger partial charge in [0, 0.05) is 6.54 Å². The van der Waals surface area contributed by atoms with Gasteiger partial charge in [-0.05, 0) is 76.0 Å². The molecule has 0 aliphatic carbocycles. The summed E-state index contributed by atoms with van der Waals surface area (Å²) in [7, 11) is 1.53. The monoisotopic (exact) mass is 478 g/mol. The lowest BCUT2D eigenvalue weighted by molar-refractivity contribution is -0.122. The van der Waals surface area contributed by atoms with E-state index in [0.717, 1.165) is 12.0 Å². The molecule has 152 valence electrons. The van der Waals surface area contributed by atoms with Crippen LogP contribution in [0.2, 0.25) is 0 Å². The lowest BCUT2D eigenvalue weighted by Crippen LogP contribution is -2.31. The average Bonchev–Trinajstić information content (AvgIpc) is 2.94. The normalized spacial score (nSPS) is 15.0. The first-order chi connectivity index (χ1) is 13.9. The highest BCUT2D eigenvalue weighted by Gasteiger charge is 2.29. The standard InChI is InChI=1S/C21H20BrFN2O3S/c1-3-7-25-20(26)17(24-21(25)29)10-14-9-16(22)19(18(11-14)27-2)28-12-13-5-4-6-15(23)8-13/h4-6,8-11H,3,7,12H2,1-2H3,(H,24,29)/b17-10-. The van der Waals surface area contributed by atoms with Gasteiger partial charge in [-0.25, -0.2) is 4.39 Å². The SMILES string of the molecule is CCCN1C(=O)/C(=C/c2cc(Br)c(OCc3cccc(F)c3)c(OC)c2)NC1=S. The number of nitrogens with one attached hydrogen (secondary N) is 1. The van der Waals surface area contributed by atoms with Crippen molar-refractivity contribution < 1.29 is 18.7 Å². The number of carbonyl (C=O) groups excluding carboxylic acids is 1. The Balaban J connectivity index is 1.83. The van der Waals surface area contributed by atoms with Gasteiger partial charge in [-0.2, -0.15) is 0 Å². The lowest BCUT2D eigenvalue weighted by atomic mass is 10.1. The molecule has 0 atom stereocenters. The fourth-order valence-corrected chi connectivity index (χ4v) is 3.77. The van der Waals surface area contributed by atoms with Crippen molar-refractivity contribution in [1.82, 2.24) is 10.2 Å². The van der Waals surface area contributed by atoms with Crippen LogP contribution in [0.1, 0.15) is 24.5 Å². The first-order valence-corrected chi connectivity index (χ1v) is 10.2. The number of benzene rings is 2. The number of carbonyl (C=O) groups is 1. The van der Waals surface area contributed by atoms with E-state index in [2.05, 4.69) is 21.2 Å². The van der Waals surface area contributed by atoms with Crippen LogP contribution in [0.4, 0.5) is 4.39 Å². The van der Waals surface area contributed by atoms with Gasteiger partial charge in [-0.15, -0.1) is 0 Å². The minimum Gasteiger partial charge on any atom is -0.493 e. The maximum absolute atomic E-state index is 13.4. The van der Waals surface area contributed by atoms with E-state index in [9.17, 15) is 9.18 Å². The van der Waals surface area contributed by atoms with Crippen LogP contribution in [0.5, 0.6) is 11.5 Å². The second kappa shape index (κ2) is 9.37. The molecule has 0 spiro atoms. The summed E-state index contributed by atoms with van der Waals surface area (Å²) >= 11 is 8.72. The van der Waals surface area contributed by atoms with Crippen molar-refractivity contribution in [3.8, 4) is 11.5 Å². The van der Waals surface area contributed by atoms with Crippen molar-refractivity contribution in [2.75, 3.05) is 13.7 Å². The van der Waals surface area contributed by atoms with Crippen LogP contribution in [0.3, 0.4) is 0 Å². The van der Waals surface area contributed by atoms with Crippen LogP contribution >= 0.6 is 28.1 Å². The van der Waals surface area contributed by atoms with E-state index in [1.807, 2.05) is 13.0 Å². The molecule has 29 heavy (non-hydrogen) atoms. The van der Waals surface area contributed by atoms with Crippen LogP contribution in [0.15, 0.2) is 46.6 Å². The predicted octanol–water partition coefficient (Wildman–Crippen LogP) is 4.64. The van der Waals surface area contributed by atoms with Crippen molar-refractivity contribution in [3.05, 3.63) is 63.5 Å². The highest BCUT2D eigenvalue weighted by Crippen LogP contribution is 2.38. The number of ether oxygens (including phenoxy) is 2. The van der Waals surface area contributed by atoms with Crippen molar-refractivity contribution in [1.29, 1.82) is 0 Å². The maximum Gasteiger partial charge on any atom is 0.276 e. The predicted molar refractivity (Wildman–Crippen MR) is 117 cm³/mol. The summed E-state index contributed by atoms with van der Waals surface area (Å²) < 4.78 is 25.3. The number of halogens is 2. The molecule has 3 rings (SSSR count). The molecule has 5 nitrogen and oxygen atoms in total. The molecule has 0 bridgehead atoms. The Morgan fingerprint density at radius 3 is 2.79 bits per heavy atom. The van der Waals surface area contributed by atoms with E-state index >= 15 is 0 Å². The lowest BCUT2D eigenvalue weighted by Gasteiger charge is -2.14. The van der Waals surface area contributed by atoms with Gasteiger partial charge in [0.2, 0.25) is 0 Å². The zero-order valence-corrected chi connectivity index (χ0v) is 18.4. The van der Waals surface area contributed by atoms with Gasteiger partial charge in [-0.1, -0.05) is 19.1 Å². The molecular weight excluding hydrogens is 459 g/mol. The van der Waals surface area contributed by atoms with E-state index in [-0.39, 0.29) is 18.3 Å². The summed E-state index contributed by atoms with van der Waals surface area (Å²) in [6.07, 6.45) is 2.53. The third-order valence-electron chi connectivity index (χ3n) is 4.24. The fraction of sp³-hybridized carbons (Fsp3) is 0.238. The summed E-state index contributed by atoms with van der Waals surface area (Å²) in [5.41, 5.74) is 1.85. The van der Waals surface area contributed by atoms with E-state index in [0.29, 0.717) is 38.9 Å². The zero-order chi connectivity index (χ0) is 21.0. The van der Waals surface area contributed by atoms with Crippen molar-refractivity contribution >= 4 is 45.2 Å². The first kappa shape index (κ1) is 21.3. The van der Waals surface area contributed by atoms with Crippen LogP contribution in [0.25, 0.3) is 6.08 Å². The summed E-state index contributed by atoms with van der Waals surface area (Å²) in [4.78, 5) is 14.1. The third-order valence-corrected chi connectivity index (χ3v) is 5.16. The van der Waals surface area contributed by atoms with Crippen molar-refractivity contribution in [2.24, 2.45) is 0 Å². The molecule has 1 aliphatic heterocycles. The highest BCUT2D eigenvalue weighted by molar-refractivity contribution is 9.10. The molecule has 0 unspecified atom stereocenters. The van der Waals surface area contributed by atoms with E-state index in [1.54, 1.807) is 29.2 Å². The van der Waals surface area contributed by atoms with Crippen molar-refractivity contribution in [2.45, 2.75) is 20.0 Å². The molecule has 1 aliphatic rings. The molecule has 1 heterocycles. The molecule has 1 amide bonds. The van der Waals surface area contributed by atoms with Gasteiger partial charge >= 0.3 is 0 Å². The largest absolute Gasteiger partial charge is 0.493 e. The average molecular weight is 479 g/mol. The summed E-state index contributed by atoms with van der Waals surface area (Å²) in [5, 5.41) is 3.36. The Hall–Kier alpha value is -2.45. The number of hydrogen-bond acceptors (Lipinski definition) is 4. The van der Waals surface area contributed by atoms with Crippen LogP contribution in [0, 0.1) is 5.82 Å². The highest BCUT2D eigenvalue weighted by atomic mass is 79.9. The smallest absolute Gasteiger partial charge is 0.276 e. The molecule has 0 radical (unpaired) electrons. The molecule has 8 heteroatoms. The van der Waals surface area contributed by atoms with Crippen LogP contribution < -0.4 is 14.8 Å². The van der Waals surface area contributed by atoms with Gasteiger partial charge in [0.05, 0.1) is 11.6 Å². The quantitative estimate of drug-likeness (QED) is 0.463. The summed E-state index contributed by atoms with van der Waals surface area (Å²) in [6, 6.07) is 9.80. The van der Waals surface area contributed by atoms with Gasteiger partial charge < -0.3 is 14.8 Å². The van der Waals surface area contributed by atoms with Gasteiger partial charge in [0.15, 0.2) is 16.6 Å². The number of rotatable bonds is 7. The van der Waals surface area contributed by atoms with Gasteiger partial charge in [0.1, 0.15) is 18.1 Å². The summed E-state index contributed by atoms with van der Waals surface area (Å²) in [6.45, 7) is 2.75. The molecule has 1 saturated heterocycles. The van der Waals surface area contributed by atoms with Crippen LogP contribution in [-0.4, -0.2) is 29.6 Å². The number of amides is 1. The number of thiocarbonyl (C=S) groups is 1. The van der Waals surface area contributed by atoms with E-state index in [4.69, 9.17) is 21.7 Å². The Kier molecular flexibility index (Phi) is 6.87. The molecule has 2 aromatic carbocycles. The van der Waals surface area contributed by atoms with E-state index in [1.165, 1.54) is 19.2 Å². The Morgan fingerprint density at radius 2 is 2.10 bits per heavy atom. The van der Waals surface area contributed by atoms with Gasteiger partial charge in [-0.3, -0.25) is 9.69 Å². The Morgan fingerprint density at radius 1 is 1.31 bits per heavy atom. The topological polar surface area (TPSA) is 50.8 Å². The summed E-state index contributed by atoms with van der Waals surface area (Å²) in [5.74, 6) is 0.509. The Bertz CT molecular complexity index is 980. The third kappa shape index (κ3) is 4.94. The van der Waals surface area contributed by atoms with Crippen molar-refractivity contribution in [3.63, 3.8) is 0 Å². The molecule has 1 N–H and O–H groups in total. The number of methoxy groups -OCH3 is 1. The first-order valence-electron chi connectivity index (χ1n) is 9.02. The molecule has 1 fully saturated rings. The minimum atomic E-state index is -0.317. The number of hydrogen-bond donors (Lipinski definition) is 1. The van der Waals surface area contributed by atoms with Gasteiger partial charge in [0.25, 0.3) is 5.91 Å². The maximum atomic E-state index is 13.4. The van der Waals surface area contributed by atoms with Crippen LogP contribution in [-0.2, 0) is 11.4 Å². The molecule has 2 aromatic rings. The molecule has 0 saturated carbocycles. The Labute approximate surface area is 182 Å².